The molecule has 0 saturated carbocycles. The van der Waals surface area contributed by atoms with Gasteiger partial charge in [-0.05, 0) is 24.1 Å². The van der Waals surface area contributed by atoms with Gasteiger partial charge in [0.2, 0.25) is 5.13 Å². The number of nitrogens with zero attached hydrogens (tertiary/aromatic N) is 2. The summed E-state index contributed by atoms with van der Waals surface area (Å²) in [5.74, 6) is -1.67. The van der Waals surface area contributed by atoms with Gasteiger partial charge in [-0.3, -0.25) is 0 Å². The highest BCUT2D eigenvalue weighted by atomic mass is 32.1. The summed E-state index contributed by atoms with van der Waals surface area (Å²) in [6.45, 7) is 2.40. The summed E-state index contributed by atoms with van der Waals surface area (Å²) in [5, 5.41) is 12.5. The van der Waals surface area contributed by atoms with Gasteiger partial charge >= 0.3 is 0 Å². The van der Waals surface area contributed by atoms with E-state index in [4.69, 9.17) is 0 Å². The van der Waals surface area contributed by atoms with Crippen LogP contribution in [0.15, 0.2) is 18.2 Å². The molecule has 0 bridgehead atoms. The Morgan fingerprint density at radius 1 is 1.24 bits per heavy atom. The molecule has 1 heterocycles. The van der Waals surface area contributed by atoms with Gasteiger partial charge in [0.05, 0.1) is 0 Å². The van der Waals surface area contributed by atoms with E-state index in [1.54, 1.807) is 0 Å². The zero-order chi connectivity index (χ0) is 12.3. The van der Waals surface area contributed by atoms with Crippen molar-refractivity contribution < 1.29 is 8.78 Å². The van der Waals surface area contributed by atoms with Gasteiger partial charge in [-0.2, -0.15) is 0 Å². The van der Waals surface area contributed by atoms with Crippen molar-refractivity contribution in [3.63, 3.8) is 0 Å². The van der Waals surface area contributed by atoms with Crippen LogP contribution in [0.1, 0.15) is 17.5 Å². The van der Waals surface area contributed by atoms with Crippen molar-refractivity contribution in [2.24, 2.45) is 0 Å². The minimum Gasteiger partial charge on any atom is -0.356 e. The molecule has 3 nitrogen and oxygen atoms in total. The minimum absolute atomic E-state index is 0.398. The maximum Gasteiger partial charge on any atom is 0.205 e. The summed E-state index contributed by atoms with van der Waals surface area (Å²) in [5.41, 5.74) is 0.664. The Morgan fingerprint density at radius 2 is 2.06 bits per heavy atom. The highest BCUT2D eigenvalue weighted by molar-refractivity contribution is 7.15. The van der Waals surface area contributed by atoms with E-state index in [0.29, 0.717) is 17.2 Å². The predicted octanol–water partition coefficient (Wildman–Crippen LogP) is 2.99. The predicted molar refractivity (Wildman–Crippen MR) is 63.0 cm³/mol. The fourth-order valence-electron chi connectivity index (χ4n) is 1.30. The molecule has 2 aromatic rings. The fraction of sp³-hybridized carbons (Fsp3) is 0.273. The number of anilines is 1. The molecule has 17 heavy (non-hydrogen) atoms. The monoisotopic (exact) mass is 255 g/mol. The summed E-state index contributed by atoms with van der Waals surface area (Å²) in [6.07, 6.45) is 0.838. The number of hydrogen-bond donors (Lipinski definition) is 1. The SMILES string of the molecule is CCc1nnc(NCc2ccc(F)c(F)c2)s1. The topological polar surface area (TPSA) is 37.8 Å². The molecule has 0 aliphatic carbocycles. The van der Waals surface area contributed by atoms with Crippen molar-refractivity contribution in [3.05, 3.63) is 40.4 Å². The van der Waals surface area contributed by atoms with E-state index in [1.165, 1.54) is 23.5 Å². The normalized spacial score (nSPS) is 10.5. The first-order chi connectivity index (χ1) is 8.19. The van der Waals surface area contributed by atoms with E-state index >= 15 is 0 Å². The quantitative estimate of drug-likeness (QED) is 0.912. The molecule has 0 saturated heterocycles. The van der Waals surface area contributed by atoms with Crippen LogP contribution >= 0.6 is 11.3 Å². The second-order valence-corrected chi connectivity index (χ2v) is 4.52. The Morgan fingerprint density at radius 3 is 2.71 bits per heavy atom. The molecule has 90 valence electrons. The van der Waals surface area contributed by atoms with Crippen molar-refractivity contribution in [1.82, 2.24) is 10.2 Å². The minimum atomic E-state index is -0.837. The molecule has 1 aromatic carbocycles. The average molecular weight is 255 g/mol. The zero-order valence-electron chi connectivity index (χ0n) is 9.20. The number of benzene rings is 1. The summed E-state index contributed by atoms with van der Waals surface area (Å²) >= 11 is 1.46. The maximum absolute atomic E-state index is 12.9. The molecule has 0 fully saturated rings. The number of nitrogens with one attached hydrogen (secondary N) is 1. The Bertz CT molecular complexity index is 513. The van der Waals surface area contributed by atoms with Crippen molar-refractivity contribution in [3.8, 4) is 0 Å². The number of aryl methyl sites for hydroxylation is 1. The molecule has 1 N–H and O–H groups in total. The first kappa shape index (κ1) is 11.9. The third-order valence-corrected chi connectivity index (χ3v) is 3.22. The molecule has 6 heteroatoms. The van der Waals surface area contributed by atoms with Crippen molar-refractivity contribution in [2.75, 3.05) is 5.32 Å². The number of aromatic nitrogens is 2. The molecule has 0 unspecified atom stereocenters. The lowest BCUT2D eigenvalue weighted by molar-refractivity contribution is 0.507. The van der Waals surface area contributed by atoms with Gasteiger partial charge in [-0.1, -0.05) is 24.3 Å². The van der Waals surface area contributed by atoms with Gasteiger partial charge in [0.1, 0.15) is 5.01 Å². The van der Waals surface area contributed by atoms with Gasteiger partial charge in [0, 0.05) is 6.54 Å². The molecule has 0 atom stereocenters. The number of hydrogen-bond acceptors (Lipinski definition) is 4. The van der Waals surface area contributed by atoms with Crippen LogP contribution in [0.25, 0.3) is 0 Å². The lowest BCUT2D eigenvalue weighted by Gasteiger charge is -2.02. The van der Waals surface area contributed by atoms with Gasteiger partial charge < -0.3 is 5.32 Å². The van der Waals surface area contributed by atoms with Gasteiger partial charge in [0.25, 0.3) is 0 Å². The van der Waals surface area contributed by atoms with E-state index in [9.17, 15) is 8.78 Å². The second kappa shape index (κ2) is 5.18. The third kappa shape index (κ3) is 2.97. The molecule has 0 spiro atoms. The van der Waals surface area contributed by atoms with Crippen LogP contribution < -0.4 is 5.32 Å². The molecule has 1 aromatic heterocycles. The van der Waals surface area contributed by atoms with E-state index in [1.807, 2.05) is 6.92 Å². The molecule has 0 aliphatic heterocycles. The molecule has 2 rings (SSSR count). The van der Waals surface area contributed by atoms with Gasteiger partial charge in [-0.15, -0.1) is 10.2 Å². The van der Waals surface area contributed by atoms with Crippen molar-refractivity contribution in [2.45, 2.75) is 19.9 Å². The summed E-state index contributed by atoms with van der Waals surface area (Å²) in [7, 11) is 0. The lowest BCUT2D eigenvalue weighted by Crippen LogP contribution is -2.00. The Balaban J connectivity index is 1.99. The first-order valence-electron chi connectivity index (χ1n) is 5.19. The van der Waals surface area contributed by atoms with Crippen LogP contribution in [0.4, 0.5) is 13.9 Å². The molecule has 0 radical (unpaired) electrons. The third-order valence-electron chi connectivity index (χ3n) is 2.20. The standard InChI is InChI=1S/C11H11F2N3S/c1-2-10-15-16-11(17-10)14-6-7-3-4-8(12)9(13)5-7/h3-5H,2,6H2,1H3,(H,14,16). The Hall–Kier alpha value is -1.56. The highest BCUT2D eigenvalue weighted by Gasteiger charge is 2.04. The average Bonchev–Trinajstić information content (AvgIpc) is 2.79. The van der Waals surface area contributed by atoms with E-state index in [2.05, 4.69) is 15.5 Å². The van der Waals surface area contributed by atoms with Crippen LogP contribution in [0, 0.1) is 11.6 Å². The lowest BCUT2D eigenvalue weighted by atomic mass is 10.2. The van der Waals surface area contributed by atoms with E-state index in [-0.39, 0.29) is 0 Å². The Labute approximate surface area is 102 Å². The smallest absolute Gasteiger partial charge is 0.205 e. The maximum atomic E-state index is 12.9. The van der Waals surface area contributed by atoms with Gasteiger partial charge in [0.15, 0.2) is 11.6 Å². The first-order valence-corrected chi connectivity index (χ1v) is 6.01. The van der Waals surface area contributed by atoms with Crippen LogP contribution in [0.2, 0.25) is 0 Å². The van der Waals surface area contributed by atoms with Crippen LogP contribution in [-0.2, 0) is 13.0 Å². The zero-order valence-corrected chi connectivity index (χ0v) is 10.0. The fourth-order valence-corrected chi connectivity index (χ4v) is 1.97. The van der Waals surface area contributed by atoms with E-state index < -0.39 is 11.6 Å². The van der Waals surface area contributed by atoms with Crippen LogP contribution in [0.5, 0.6) is 0 Å². The summed E-state index contributed by atoms with van der Waals surface area (Å²) in [6, 6.07) is 3.82. The number of halogens is 2. The van der Waals surface area contributed by atoms with Crippen molar-refractivity contribution >= 4 is 16.5 Å². The summed E-state index contributed by atoms with van der Waals surface area (Å²) < 4.78 is 25.6. The second-order valence-electron chi connectivity index (χ2n) is 3.46. The van der Waals surface area contributed by atoms with E-state index in [0.717, 1.165) is 17.5 Å². The largest absolute Gasteiger partial charge is 0.356 e. The molecular weight excluding hydrogens is 244 g/mol. The molecule has 0 aliphatic rings. The van der Waals surface area contributed by atoms with Crippen LogP contribution in [-0.4, -0.2) is 10.2 Å². The highest BCUT2D eigenvalue weighted by Crippen LogP contribution is 2.17. The number of rotatable bonds is 4. The van der Waals surface area contributed by atoms with Crippen molar-refractivity contribution in [1.29, 1.82) is 0 Å². The summed E-state index contributed by atoms with van der Waals surface area (Å²) in [4.78, 5) is 0. The Kier molecular flexibility index (Phi) is 3.63. The molecule has 0 amide bonds. The molecular formula is C11H11F2N3S. The van der Waals surface area contributed by atoms with Crippen LogP contribution in [0.3, 0.4) is 0 Å². The van der Waals surface area contributed by atoms with Gasteiger partial charge in [-0.25, -0.2) is 8.78 Å².